The van der Waals surface area contributed by atoms with Crippen molar-refractivity contribution in [2.24, 2.45) is 5.10 Å². The smallest absolute Gasteiger partial charge is 0.250 e. The Morgan fingerprint density at radius 3 is 2.67 bits per heavy atom. The largest absolute Gasteiger partial charge is 0.299 e. The Kier molecular flexibility index (Phi) is 8.06. The molecule has 1 heterocycles. The van der Waals surface area contributed by atoms with Crippen LogP contribution < -0.4 is 5.43 Å². The summed E-state index contributed by atoms with van der Waals surface area (Å²) in [6.45, 7) is 2.07. The number of thioether (sulfide) groups is 1. The molecule has 1 saturated carbocycles. The molecule has 0 aliphatic heterocycles. The second-order valence-corrected chi connectivity index (χ2v) is 9.79. The van der Waals surface area contributed by atoms with Gasteiger partial charge in [0.25, 0.3) is 5.91 Å². The number of hydrazone groups is 1. The number of nitrogens with zero attached hydrogens (tertiary/aromatic N) is 4. The summed E-state index contributed by atoms with van der Waals surface area (Å²) in [7, 11) is 0. The van der Waals surface area contributed by atoms with E-state index in [0.717, 1.165) is 29.4 Å². The predicted molar refractivity (Wildman–Crippen MR) is 135 cm³/mol. The van der Waals surface area contributed by atoms with Gasteiger partial charge in [0.05, 0.1) is 22.0 Å². The van der Waals surface area contributed by atoms with Gasteiger partial charge in [-0.25, -0.2) is 5.43 Å². The summed E-state index contributed by atoms with van der Waals surface area (Å²) in [6, 6.07) is 13.9. The predicted octanol–water partition coefficient (Wildman–Crippen LogP) is 6.31. The molecule has 9 heteroatoms. The zero-order valence-corrected chi connectivity index (χ0v) is 20.6. The van der Waals surface area contributed by atoms with Crippen molar-refractivity contribution in [3.05, 3.63) is 63.6 Å². The Morgan fingerprint density at radius 1 is 1.15 bits per heavy atom. The van der Waals surface area contributed by atoms with Crippen LogP contribution in [0.4, 0.5) is 0 Å². The third-order valence-electron chi connectivity index (χ3n) is 5.62. The summed E-state index contributed by atoms with van der Waals surface area (Å²) in [6.07, 6.45) is 7.33. The molecule has 172 valence electrons. The van der Waals surface area contributed by atoms with Crippen molar-refractivity contribution in [2.45, 2.75) is 50.2 Å². The summed E-state index contributed by atoms with van der Waals surface area (Å²) < 4.78 is 2.22. The molecule has 1 aromatic heterocycles. The molecule has 1 fully saturated rings. The van der Waals surface area contributed by atoms with E-state index in [0.29, 0.717) is 21.7 Å². The highest BCUT2D eigenvalue weighted by molar-refractivity contribution is 7.99. The maximum absolute atomic E-state index is 12.4. The second-order valence-electron chi connectivity index (χ2n) is 8.06. The van der Waals surface area contributed by atoms with Crippen LogP contribution in [0.15, 0.2) is 52.7 Å². The van der Waals surface area contributed by atoms with Crippen LogP contribution in [-0.4, -0.2) is 32.6 Å². The van der Waals surface area contributed by atoms with Crippen molar-refractivity contribution in [1.29, 1.82) is 0 Å². The van der Waals surface area contributed by atoms with Crippen molar-refractivity contribution in [1.82, 2.24) is 20.2 Å². The van der Waals surface area contributed by atoms with Crippen LogP contribution in [0.5, 0.6) is 0 Å². The normalized spacial score (nSPS) is 14.6. The molecule has 0 atom stereocenters. The van der Waals surface area contributed by atoms with E-state index in [9.17, 15) is 4.79 Å². The number of nitrogens with one attached hydrogen (secondary N) is 1. The Balaban J connectivity index is 1.46. The fourth-order valence-corrected chi connectivity index (χ4v) is 5.05. The van der Waals surface area contributed by atoms with Gasteiger partial charge in [0, 0.05) is 17.2 Å². The molecule has 0 radical (unpaired) electrons. The van der Waals surface area contributed by atoms with Crippen LogP contribution in [0.25, 0.3) is 11.4 Å². The lowest BCUT2D eigenvalue weighted by atomic mass is 9.95. The molecule has 33 heavy (non-hydrogen) atoms. The van der Waals surface area contributed by atoms with E-state index in [1.165, 1.54) is 42.8 Å². The van der Waals surface area contributed by atoms with Gasteiger partial charge in [0.1, 0.15) is 0 Å². The summed E-state index contributed by atoms with van der Waals surface area (Å²) >= 11 is 13.5. The molecule has 1 N–H and O–H groups in total. The first kappa shape index (κ1) is 23.8. The Bertz CT molecular complexity index is 1140. The molecule has 4 rings (SSSR count). The lowest BCUT2D eigenvalue weighted by Gasteiger charge is -2.25. The Hall–Kier alpha value is -2.35. The molecule has 1 amide bonds. The summed E-state index contributed by atoms with van der Waals surface area (Å²) in [5.74, 6) is 0.808. The topological polar surface area (TPSA) is 72.2 Å². The summed E-state index contributed by atoms with van der Waals surface area (Å²) in [5.41, 5.74) is 5.42. The third-order valence-corrected chi connectivity index (χ3v) is 7.40. The van der Waals surface area contributed by atoms with Crippen molar-refractivity contribution in [3.8, 4) is 11.4 Å². The molecular weight excluding hydrogens is 477 g/mol. The SMILES string of the molecule is Cc1ccc(-c2nnc(SCC(=O)N/N=C/c3cccc(Cl)c3Cl)n2C2CCCCC2)cc1. The maximum Gasteiger partial charge on any atom is 0.250 e. The van der Waals surface area contributed by atoms with Crippen LogP contribution in [0, 0.1) is 6.92 Å². The van der Waals surface area contributed by atoms with E-state index in [4.69, 9.17) is 23.2 Å². The lowest BCUT2D eigenvalue weighted by molar-refractivity contribution is -0.118. The first-order chi connectivity index (χ1) is 16.0. The van der Waals surface area contributed by atoms with Crippen LogP contribution in [0.1, 0.15) is 49.3 Å². The molecule has 0 spiro atoms. The molecule has 3 aromatic rings. The van der Waals surface area contributed by atoms with Gasteiger partial charge in [-0.2, -0.15) is 5.10 Å². The molecule has 1 aliphatic rings. The number of carbonyl (C=O) groups is 1. The monoisotopic (exact) mass is 501 g/mol. The number of aryl methyl sites for hydroxylation is 1. The number of benzene rings is 2. The van der Waals surface area contributed by atoms with Crippen molar-refractivity contribution in [2.75, 3.05) is 5.75 Å². The van der Waals surface area contributed by atoms with Gasteiger partial charge in [-0.05, 0) is 25.8 Å². The van der Waals surface area contributed by atoms with Crippen LogP contribution >= 0.6 is 35.0 Å². The van der Waals surface area contributed by atoms with E-state index < -0.39 is 0 Å². The number of carbonyl (C=O) groups excluding carboxylic acids is 1. The minimum absolute atomic E-state index is 0.180. The second kappa shape index (κ2) is 11.2. The fraction of sp³-hybridized carbons (Fsp3) is 0.333. The minimum atomic E-state index is -0.232. The van der Waals surface area contributed by atoms with Crippen molar-refractivity contribution < 1.29 is 4.79 Å². The first-order valence-electron chi connectivity index (χ1n) is 10.9. The van der Waals surface area contributed by atoms with E-state index in [2.05, 4.69) is 56.5 Å². The highest BCUT2D eigenvalue weighted by Gasteiger charge is 2.24. The number of hydrogen-bond donors (Lipinski definition) is 1. The Labute approximate surface area is 207 Å². The van der Waals surface area contributed by atoms with Gasteiger partial charge in [0.2, 0.25) is 0 Å². The van der Waals surface area contributed by atoms with Crippen LogP contribution in [0.2, 0.25) is 10.0 Å². The van der Waals surface area contributed by atoms with Gasteiger partial charge >= 0.3 is 0 Å². The Morgan fingerprint density at radius 2 is 1.91 bits per heavy atom. The highest BCUT2D eigenvalue weighted by atomic mass is 35.5. The van der Waals surface area contributed by atoms with Crippen LogP contribution in [-0.2, 0) is 4.79 Å². The zero-order chi connectivity index (χ0) is 23.2. The van der Waals surface area contributed by atoms with Crippen molar-refractivity contribution >= 4 is 47.1 Å². The standard InChI is InChI=1S/C24H25Cl2N5OS/c1-16-10-12-17(13-11-16)23-29-30-24(31(23)19-7-3-2-4-8-19)33-15-21(32)28-27-14-18-6-5-9-20(25)22(18)26/h5-6,9-14,19H,2-4,7-8,15H2,1H3,(H,28,32)/b27-14+. The zero-order valence-electron chi connectivity index (χ0n) is 18.3. The van der Waals surface area contributed by atoms with Gasteiger partial charge in [-0.15, -0.1) is 10.2 Å². The number of hydrogen-bond acceptors (Lipinski definition) is 5. The third kappa shape index (κ3) is 5.96. The summed E-state index contributed by atoms with van der Waals surface area (Å²) in [4.78, 5) is 12.4. The lowest BCUT2D eigenvalue weighted by Crippen LogP contribution is -2.20. The number of rotatable bonds is 7. The molecule has 1 aliphatic carbocycles. The number of halogens is 2. The molecule has 6 nitrogen and oxygen atoms in total. The maximum atomic E-state index is 12.4. The number of aromatic nitrogens is 3. The molecule has 0 bridgehead atoms. The molecular formula is C24H25Cl2N5OS. The fourth-order valence-electron chi connectivity index (χ4n) is 3.90. The van der Waals surface area contributed by atoms with Gasteiger partial charge in [-0.1, -0.05) is 96.2 Å². The van der Waals surface area contributed by atoms with Crippen molar-refractivity contribution in [3.63, 3.8) is 0 Å². The van der Waals surface area contributed by atoms with Crippen LogP contribution in [0.3, 0.4) is 0 Å². The van der Waals surface area contributed by atoms with Gasteiger partial charge in [-0.3, -0.25) is 9.36 Å². The first-order valence-corrected chi connectivity index (χ1v) is 12.7. The minimum Gasteiger partial charge on any atom is -0.299 e. The van der Waals surface area contributed by atoms with E-state index >= 15 is 0 Å². The highest BCUT2D eigenvalue weighted by Crippen LogP contribution is 2.35. The van der Waals surface area contributed by atoms with E-state index in [1.807, 2.05) is 0 Å². The van der Waals surface area contributed by atoms with E-state index in [-0.39, 0.29) is 11.7 Å². The molecule has 0 saturated heterocycles. The van der Waals surface area contributed by atoms with Gasteiger partial charge < -0.3 is 0 Å². The molecule has 2 aromatic carbocycles. The van der Waals surface area contributed by atoms with Gasteiger partial charge in [0.15, 0.2) is 11.0 Å². The average molecular weight is 502 g/mol. The van der Waals surface area contributed by atoms with E-state index in [1.54, 1.807) is 18.2 Å². The average Bonchev–Trinajstić information content (AvgIpc) is 3.25. The molecule has 0 unspecified atom stereocenters. The summed E-state index contributed by atoms with van der Waals surface area (Å²) in [5, 5.41) is 14.5. The number of amides is 1. The quantitative estimate of drug-likeness (QED) is 0.234.